The maximum absolute atomic E-state index is 11.8. The summed E-state index contributed by atoms with van der Waals surface area (Å²) < 4.78 is 5.19. The molecule has 1 aromatic rings. The summed E-state index contributed by atoms with van der Waals surface area (Å²) in [5.74, 6) is -0.239. The first-order valence-corrected chi connectivity index (χ1v) is 6.67. The molecule has 2 rings (SSSR count). The van der Waals surface area contributed by atoms with Crippen molar-refractivity contribution in [3.8, 4) is 0 Å². The van der Waals surface area contributed by atoms with Crippen LogP contribution in [0.15, 0.2) is 18.2 Å². The van der Waals surface area contributed by atoms with E-state index in [2.05, 4.69) is 6.92 Å². The van der Waals surface area contributed by atoms with Gasteiger partial charge in [0, 0.05) is 0 Å². The van der Waals surface area contributed by atoms with Gasteiger partial charge in [-0.3, -0.25) is 0 Å². The number of aryl methyl sites for hydroxylation is 1. The number of hydrogen-bond donors (Lipinski definition) is 1. The third-order valence-electron chi connectivity index (χ3n) is 3.38. The number of hydrogen-bond acceptors (Lipinski definition) is 3. The van der Waals surface area contributed by atoms with Gasteiger partial charge in [-0.25, -0.2) is 4.79 Å². The predicted molar refractivity (Wildman–Crippen MR) is 69.7 cm³/mol. The summed E-state index contributed by atoms with van der Waals surface area (Å²) in [5.41, 5.74) is 2.95. The molecular weight excluding hydrogens is 228 g/mol. The van der Waals surface area contributed by atoms with Crippen molar-refractivity contribution < 1.29 is 14.6 Å². The zero-order valence-corrected chi connectivity index (χ0v) is 10.8. The Bertz CT molecular complexity index is 426. The van der Waals surface area contributed by atoms with E-state index in [0.717, 1.165) is 31.2 Å². The highest BCUT2D eigenvalue weighted by molar-refractivity contribution is 5.89. The second kappa shape index (κ2) is 6.01. The SMILES string of the molecule is CCCCOC(=O)c1ccc2c(c1)CCC(O)C2. The van der Waals surface area contributed by atoms with Gasteiger partial charge in [0.1, 0.15) is 0 Å². The molecule has 0 aliphatic heterocycles. The number of aliphatic hydroxyl groups is 1. The molecule has 0 spiro atoms. The molecule has 0 aromatic heterocycles. The van der Waals surface area contributed by atoms with E-state index >= 15 is 0 Å². The van der Waals surface area contributed by atoms with E-state index in [4.69, 9.17) is 4.74 Å². The van der Waals surface area contributed by atoms with Crippen LogP contribution in [0.3, 0.4) is 0 Å². The smallest absolute Gasteiger partial charge is 0.338 e. The minimum atomic E-state index is -0.239. The largest absolute Gasteiger partial charge is 0.462 e. The Morgan fingerprint density at radius 3 is 3.06 bits per heavy atom. The third-order valence-corrected chi connectivity index (χ3v) is 3.38. The lowest BCUT2D eigenvalue weighted by atomic mass is 9.89. The summed E-state index contributed by atoms with van der Waals surface area (Å²) in [6, 6.07) is 5.65. The summed E-state index contributed by atoms with van der Waals surface area (Å²) in [5, 5.41) is 9.59. The Morgan fingerprint density at radius 2 is 2.28 bits per heavy atom. The lowest BCUT2D eigenvalue weighted by Crippen LogP contribution is -2.19. The predicted octanol–water partition coefficient (Wildman–Crippen LogP) is 2.49. The van der Waals surface area contributed by atoms with Crippen LogP contribution in [0.25, 0.3) is 0 Å². The van der Waals surface area contributed by atoms with Gasteiger partial charge < -0.3 is 9.84 Å². The molecule has 0 heterocycles. The third kappa shape index (κ3) is 3.10. The van der Waals surface area contributed by atoms with Crippen LogP contribution < -0.4 is 0 Å². The van der Waals surface area contributed by atoms with Crippen LogP contribution in [-0.4, -0.2) is 23.8 Å². The van der Waals surface area contributed by atoms with Gasteiger partial charge in [-0.05, 0) is 48.9 Å². The van der Waals surface area contributed by atoms with Crippen LogP contribution in [-0.2, 0) is 17.6 Å². The number of esters is 1. The summed E-state index contributed by atoms with van der Waals surface area (Å²) in [7, 11) is 0. The zero-order valence-electron chi connectivity index (χ0n) is 10.8. The monoisotopic (exact) mass is 248 g/mol. The van der Waals surface area contributed by atoms with E-state index in [1.165, 1.54) is 5.56 Å². The van der Waals surface area contributed by atoms with Gasteiger partial charge in [-0.1, -0.05) is 19.4 Å². The number of benzene rings is 1. The fraction of sp³-hybridized carbons (Fsp3) is 0.533. The number of carbonyl (C=O) groups is 1. The molecule has 1 aromatic carbocycles. The summed E-state index contributed by atoms with van der Waals surface area (Å²) in [6.45, 7) is 2.56. The van der Waals surface area contributed by atoms with Gasteiger partial charge >= 0.3 is 5.97 Å². The van der Waals surface area contributed by atoms with Crippen LogP contribution in [0.1, 0.15) is 47.7 Å². The highest BCUT2D eigenvalue weighted by atomic mass is 16.5. The molecule has 3 heteroatoms. The van der Waals surface area contributed by atoms with Crippen molar-refractivity contribution in [3.05, 3.63) is 34.9 Å². The van der Waals surface area contributed by atoms with Crippen LogP contribution in [0.2, 0.25) is 0 Å². The molecule has 3 nitrogen and oxygen atoms in total. The van der Waals surface area contributed by atoms with Gasteiger partial charge in [-0.2, -0.15) is 0 Å². The first-order valence-electron chi connectivity index (χ1n) is 6.67. The standard InChI is InChI=1S/C15H20O3/c1-2-3-8-18-15(17)13-5-4-12-10-14(16)7-6-11(12)9-13/h4-5,9,14,16H,2-3,6-8,10H2,1H3. The molecule has 0 saturated heterocycles. The molecule has 1 aliphatic carbocycles. The van der Waals surface area contributed by atoms with Gasteiger partial charge in [0.2, 0.25) is 0 Å². The first-order chi connectivity index (χ1) is 8.70. The number of rotatable bonds is 4. The van der Waals surface area contributed by atoms with Crippen molar-refractivity contribution in [3.63, 3.8) is 0 Å². The van der Waals surface area contributed by atoms with Crippen LogP contribution in [0.5, 0.6) is 0 Å². The number of carbonyl (C=O) groups excluding carboxylic acids is 1. The van der Waals surface area contributed by atoms with Crippen molar-refractivity contribution in [1.29, 1.82) is 0 Å². The number of ether oxygens (including phenoxy) is 1. The summed E-state index contributed by atoms with van der Waals surface area (Å²) in [6.07, 6.45) is 4.01. The average Bonchev–Trinajstić information content (AvgIpc) is 2.38. The van der Waals surface area contributed by atoms with Gasteiger partial charge in [-0.15, -0.1) is 0 Å². The minimum absolute atomic E-state index is 0.236. The van der Waals surface area contributed by atoms with Crippen molar-refractivity contribution >= 4 is 5.97 Å². The fourth-order valence-electron chi connectivity index (χ4n) is 2.26. The first kappa shape index (κ1) is 13.1. The molecule has 0 amide bonds. The lowest BCUT2D eigenvalue weighted by Gasteiger charge is -2.20. The van der Waals surface area contributed by atoms with Crippen LogP contribution in [0, 0.1) is 0 Å². The molecule has 18 heavy (non-hydrogen) atoms. The number of fused-ring (bicyclic) bond motifs is 1. The van der Waals surface area contributed by atoms with E-state index in [1.54, 1.807) is 6.07 Å². The van der Waals surface area contributed by atoms with E-state index in [-0.39, 0.29) is 12.1 Å². The zero-order chi connectivity index (χ0) is 13.0. The highest BCUT2D eigenvalue weighted by Crippen LogP contribution is 2.23. The van der Waals surface area contributed by atoms with E-state index in [9.17, 15) is 9.90 Å². The molecule has 1 atom stereocenters. The molecule has 0 fully saturated rings. The fourth-order valence-corrected chi connectivity index (χ4v) is 2.26. The average molecular weight is 248 g/mol. The summed E-state index contributed by atoms with van der Waals surface area (Å²) in [4.78, 5) is 11.8. The maximum Gasteiger partial charge on any atom is 0.338 e. The van der Waals surface area contributed by atoms with Crippen LogP contribution in [0.4, 0.5) is 0 Å². The molecule has 1 aliphatic rings. The Morgan fingerprint density at radius 1 is 1.44 bits per heavy atom. The van der Waals surface area contributed by atoms with Crippen molar-refractivity contribution in [2.45, 2.75) is 45.1 Å². The van der Waals surface area contributed by atoms with Gasteiger partial charge in [0.05, 0.1) is 18.3 Å². The molecule has 1 unspecified atom stereocenters. The molecule has 0 radical (unpaired) electrons. The molecule has 0 bridgehead atoms. The van der Waals surface area contributed by atoms with Crippen molar-refractivity contribution in [2.75, 3.05) is 6.61 Å². The highest BCUT2D eigenvalue weighted by Gasteiger charge is 2.18. The van der Waals surface area contributed by atoms with Gasteiger partial charge in [0.25, 0.3) is 0 Å². The summed E-state index contributed by atoms with van der Waals surface area (Å²) >= 11 is 0. The molecule has 1 N–H and O–H groups in total. The minimum Gasteiger partial charge on any atom is -0.462 e. The normalized spacial score (nSPS) is 18.2. The van der Waals surface area contributed by atoms with E-state index < -0.39 is 0 Å². The Kier molecular flexibility index (Phi) is 4.37. The molecule has 0 saturated carbocycles. The second-order valence-electron chi connectivity index (χ2n) is 4.87. The topological polar surface area (TPSA) is 46.5 Å². The van der Waals surface area contributed by atoms with Crippen molar-refractivity contribution in [2.24, 2.45) is 0 Å². The number of aliphatic hydroxyl groups excluding tert-OH is 1. The Hall–Kier alpha value is -1.35. The lowest BCUT2D eigenvalue weighted by molar-refractivity contribution is 0.0499. The van der Waals surface area contributed by atoms with Gasteiger partial charge in [0.15, 0.2) is 0 Å². The Labute approximate surface area is 108 Å². The van der Waals surface area contributed by atoms with Crippen molar-refractivity contribution in [1.82, 2.24) is 0 Å². The maximum atomic E-state index is 11.8. The molecular formula is C15H20O3. The number of unbranched alkanes of at least 4 members (excludes halogenated alkanes) is 1. The Balaban J connectivity index is 2.04. The van der Waals surface area contributed by atoms with Crippen LogP contribution >= 0.6 is 0 Å². The molecule has 98 valence electrons. The van der Waals surface area contributed by atoms with E-state index in [1.807, 2.05) is 12.1 Å². The quantitative estimate of drug-likeness (QED) is 0.658. The second-order valence-corrected chi connectivity index (χ2v) is 4.87. The van der Waals surface area contributed by atoms with E-state index in [0.29, 0.717) is 18.6 Å².